The van der Waals surface area contributed by atoms with Crippen molar-refractivity contribution in [2.75, 3.05) is 7.05 Å². The molecule has 0 aliphatic carbocycles. The Hall–Kier alpha value is -1.82. The van der Waals surface area contributed by atoms with Crippen LogP contribution in [0.2, 0.25) is 0 Å². The number of hydrogen-bond acceptors (Lipinski definition) is 2. The maximum Gasteiger partial charge on any atom is 0.435 e. The van der Waals surface area contributed by atoms with Crippen LogP contribution in [0.4, 0.5) is 13.2 Å². The first-order valence-corrected chi connectivity index (χ1v) is 6.80. The summed E-state index contributed by atoms with van der Waals surface area (Å²) >= 11 is 0. The maximum atomic E-state index is 12.5. The topological polar surface area (TPSA) is 29.9 Å². The smallest absolute Gasteiger partial charge is 0.311 e. The number of hydrogen-bond donors (Lipinski definition) is 1. The van der Waals surface area contributed by atoms with Crippen molar-refractivity contribution in [2.45, 2.75) is 32.1 Å². The monoisotopic (exact) mass is 297 g/mol. The molecule has 0 bridgehead atoms. The second kappa shape index (κ2) is 6.30. The van der Waals surface area contributed by atoms with Crippen molar-refractivity contribution in [2.24, 2.45) is 0 Å². The number of nitrogens with zero attached hydrogens (tertiary/aromatic N) is 2. The zero-order valence-corrected chi connectivity index (χ0v) is 12.0. The highest BCUT2D eigenvalue weighted by atomic mass is 19.4. The van der Waals surface area contributed by atoms with Gasteiger partial charge >= 0.3 is 6.18 Å². The fourth-order valence-electron chi connectivity index (χ4n) is 2.15. The van der Waals surface area contributed by atoms with Crippen LogP contribution in [-0.4, -0.2) is 16.8 Å². The summed E-state index contributed by atoms with van der Waals surface area (Å²) < 4.78 is 38.9. The molecule has 0 radical (unpaired) electrons. The van der Waals surface area contributed by atoms with E-state index in [0.717, 1.165) is 18.1 Å². The first-order chi connectivity index (χ1) is 9.94. The van der Waals surface area contributed by atoms with Gasteiger partial charge in [-0.25, -0.2) is 0 Å². The van der Waals surface area contributed by atoms with Gasteiger partial charge in [-0.05, 0) is 30.7 Å². The Morgan fingerprint density at radius 1 is 1.19 bits per heavy atom. The van der Waals surface area contributed by atoms with Crippen molar-refractivity contribution >= 4 is 0 Å². The van der Waals surface area contributed by atoms with Gasteiger partial charge in [0.2, 0.25) is 0 Å². The second-order valence-electron chi connectivity index (χ2n) is 4.86. The van der Waals surface area contributed by atoms with Crippen LogP contribution >= 0.6 is 0 Å². The first-order valence-electron chi connectivity index (χ1n) is 6.80. The SMILES string of the molecule is CCc1ccc(C(Cn2ccc(C(F)(F)F)n2)NC)cc1. The molecule has 1 N–H and O–H groups in total. The molecular formula is C15H18F3N3. The summed E-state index contributed by atoms with van der Waals surface area (Å²) in [7, 11) is 1.78. The fraction of sp³-hybridized carbons (Fsp3) is 0.400. The number of benzene rings is 1. The van der Waals surface area contributed by atoms with Crippen molar-refractivity contribution in [3.8, 4) is 0 Å². The van der Waals surface area contributed by atoms with Gasteiger partial charge in [0.05, 0.1) is 12.6 Å². The summed E-state index contributed by atoms with van der Waals surface area (Å²) in [5.41, 5.74) is 1.39. The van der Waals surface area contributed by atoms with Crippen LogP contribution in [0.5, 0.6) is 0 Å². The van der Waals surface area contributed by atoms with Crippen molar-refractivity contribution in [1.82, 2.24) is 15.1 Å². The van der Waals surface area contributed by atoms with Crippen molar-refractivity contribution in [1.29, 1.82) is 0 Å². The molecule has 2 aromatic rings. The molecule has 1 aromatic carbocycles. The lowest BCUT2D eigenvalue weighted by Gasteiger charge is -2.17. The minimum absolute atomic E-state index is 0.0862. The third kappa shape index (κ3) is 3.85. The van der Waals surface area contributed by atoms with Gasteiger partial charge in [0.25, 0.3) is 0 Å². The number of likely N-dealkylation sites (N-methyl/N-ethyl adjacent to an activating group) is 1. The Bertz CT molecular complexity index is 573. The predicted molar refractivity (Wildman–Crippen MR) is 74.8 cm³/mol. The quantitative estimate of drug-likeness (QED) is 0.916. The third-order valence-electron chi connectivity index (χ3n) is 3.44. The van der Waals surface area contributed by atoms with E-state index in [1.165, 1.54) is 16.4 Å². The summed E-state index contributed by atoms with van der Waals surface area (Å²) in [6.07, 6.45) is -2.09. The van der Waals surface area contributed by atoms with Crippen molar-refractivity contribution in [3.63, 3.8) is 0 Å². The lowest BCUT2D eigenvalue weighted by molar-refractivity contribution is -0.141. The average Bonchev–Trinajstić information content (AvgIpc) is 2.93. The molecule has 1 heterocycles. The highest BCUT2D eigenvalue weighted by Gasteiger charge is 2.33. The van der Waals surface area contributed by atoms with Gasteiger partial charge in [-0.1, -0.05) is 31.2 Å². The Balaban J connectivity index is 2.13. The Kier molecular flexibility index (Phi) is 4.67. The molecule has 3 nitrogen and oxygen atoms in total. The number of aryl methyl sites for hydroxylation is 1. The summed E-state index contributed by atoms with van der Waals surface area (Å²) in [6.45, 7) is 2.42. The van der Waals surface area contributed by atoms with Crippen LogP contribution in [0, 0.1) is 0 Å². The molecule has 1 atom stereocenters. The van der Waals surface area contributed by atoms with Crippen LogP contribution in [0.1, 0.15) is 29.8 Å². The van der Waals surface area contributed by atoms with Gasteiger partial charge < -0.3 is 5.32 Å². The minimum Gasteiger partial charge on any atom is -0.311 e. The average molecular weight is 297 g/mol. The van der Waals surface area contributed by atoms with Gasteiger partial charge in [-0.2, -0.15) is 18.3 Å². The maximum absolute atomic E-state index is 12.5. The molecular weight excluding hydrogens is 279 g/mol. The van der Waals surface area contributed by atoms with E-state index in [9.17, 15) is 13.2 Å². The van der Waals surface area contributed by atoms with Crippen LogP contribution in [-0.2, 0) is 19.1 Å². The summed E-state index contributed by atoms with van der Waals surface area (Å²) in [6, 6.07) is 8.96. The molecule has 0 saturated carbocycles. The van der Waals surface area contributed by atoms with Crippen LogP contribution in [0.3, 0.4) is 0 Å². The molecule has 0 amide bonds. The summed E-state index contributed by atoms with van der Waals surface area (Å²) in [5.74, 6) is 0. The number of alkyl halides is 3. The van der Waals surface area contributed by atoms with E-state index in [-0.39, 0.29) is 6.04 Å². The number of rotatable bonds is 5. The van der Waals surface area contributed by atoms with E-state index in [1.807, 2.05) is 24.3 Å². The normalized spacial score (nSPS) is 13.4. The van der Waals surface area contributed by atoms with Crippen LogP contribution < -0.4 is 5.32 Å². The Morgan fingerprint density at radius 3 is 2.33 bits per heavy atom. The van der Waals surface area contributed by atoms with Gasteiger partial charge in [-0.3, -0.25) is 4.68 Å². The molecule has 1 aromatic heterocycles. The lowest BCUT2D eigenvalue weighted by Crippen LogP contribution is -2.22. The van der Waals surface area contributed by atoms with E-state index in [4.69, 9.17) is 0 Å². The second-order valence-corrected chi connectivity index (χ2v) is 4.86. The highest BCUT2D eigenvalue weighted by molar-refractivity contribution is 5.25. The van der Waals surface area contributed by atoms with E-state index in [0.29, 0.717) is 6.54 Å². The molecule has 0 fully saturated rings. The lowest BCUT2D eigenvalue weighted by atomic mass is 10.0. The molecule has 0 aliphatic rings. The van der Waals surface area contributed by atoms with Gasteiger partial charge in [0.1, 0.15) is 0 Å². The van der Waals surface area contributed by atoms with Crippen molar-refractivity contribution < 1.29 is 13.2 Å². The highest BCUT2D eigenvalue weighted by Crippen LogP contribution is 2.27. The Morgan fingerprint density at radius 2 is 1.86 bits per heavy atom. The zero-order valence-electron chi connectivity index (χ0n) is 12.0. The molecule has 6 heteroatoms. The molecule has 0 saturated heterocycles. The van der Waals surface area contributed by atoms with Crippen LogP contribution in [0.25, 0.3) is 0 Å². The van der Waals surface area contributed by atoms with E-state index < -0.39 is 11.9 Å². The number of nitrogens with one attached hydrogen (secondary N) is 1. The van der Waals surface area contributed by atoms with Gasteiger partial charge in [-0.15, -0.1) is 0 Å². The largest absolute Gasteiger partial charge is 0.435 e. The van der Waals surface area contributed by atoms with Gasteiger partial charge in [0.15, 0.2) is 5.69 Å². The molecule has 0 spiro atoms. The standard InChI is InChI=1S/C15H18F3N3/c1-3-11-4-6-12(7-5-11)13(19-2)10-21-9-8-14(20-21)15(16,17)18/h4-9,13,19H,3,10H2,1-2H3. The zero-order chi connectivity index (χ0) is 15.5. The number of aromatic nitrogens is 2. The molecule has 21 heavy (non-hydrogen) atoms. The molecule has 114 valence electrons. The van der Waals surface area contributed by atoms with Crippen molar-refractivity contribution in [3.05, 3.63) is 53.3 Å². The fourth-order valence-corrected chi connectivity index (χ4v) is 2.15. The first kappa shape index (κ1) is 15.6. The molecule has 0 aliphatic heterocycles. The molecule has 2 rings (SSSR count). The number of halogens is 3. The third-order valence-corrected chi connectivity index (χ3v) is 3.44. The van der Waals surface area contributed by atoms with E-state index in [1.54, 1.807) is 7.05 Å². The summed E-state index contributed by atoms with van der Waals surface area (Å²) in [5, 5.41) is 6.69. The molecule has 1 unspecified atom stereocenters. The Labute approximate surface area is 121 Å². The van der Waals surface area contributed by atoms with Crippen LogP contribution in [0.15, 0.2) is 36.5 Å². The minimum atomic E-state index is -4.40. The summed E-state index contributed by atoms with van der Waals surface area (Å²) in [4.78, 5) is 0. The predicted octanol–water partition coefficient (Wildman–Crippen LogP) is 3.43. The van der Waals surface area contributed by atoms with E-state index >= 15 is 0 Å². The van der Waals surface area contributed by atoms with Gasteiger partial charge in [0, 0.05) is 6.20 Å². The van der Waals surface area contributed by atoms with E-state index in [2.05, 4.69) is 17.3 Å².